The summed E-state index contributed by atoms with van der Waals surface area (Å²) < 4.78 is 46.2. The van der Waals surface area contributed by atoms with Crippen LogP contribution in [0, 0.1) is 5.82 Å². The quantitative estimate of drug-likeness (QED) is 0.323. The molecule has 0 aliphatic heterocycles. The number of benzene rings is 2. The summed E-state index contributed by atoms with van der Waals surface area (Å²) in [4.78, 5) is 32.2. The van der Waals surface area contributed by atoms with E-state index in [-0.39, 0.29) is 59.2 Å². The first-order chi connectivity index (χ1) is 17.6. The fourth-order valence-corrected chi connectivity index (χ4v) is 4.04. The molecule has 2 amide bonds. The van der Waals surface area contributed by atoms with Gasteiger partial charge in [-0.05, 0) is 35.9 Å². The van der Waals surface area contributed by atoms with Gasteiger partial charge in [0.1, 0.15) is 0 Å². The van der Waals surface area contributed by atoms with Crippen LogP contribution in [0.2, 0.25) is 0 Å². The van der Waals surface area contributed by atoms with Gasteiger partial charge in [-0.3, -0.25) is 4.79 Å². The number of amides is 2. The van der Waals surface area contributed by atoms with Gasteiger partial charge >= 0.3 is 6.09 Å². The van der Waals surface area contributed by atoms with E-state index < -0.39 is 27.8 Å². The molecule has 0 aliphatic carbocycles. The molecule has 3 aromatic rings. The predicted octanol–water partition coefficient (Wildman–Crippen LogP) is 3.18. The molecular weight excluding hydrogens is 526 g/mol. The van der Waals surface area contributed by atoms with Crippen molar-refractivity contribution in [2.24, 2.45) is 0 Å². The Morgan fingerprint density at radius 1 is 1.05 bits per heavy atom. The second-order valence-corrected chi connectivity index (χ2v) is 9.69. The van der Waals surface area contributed by atoms with Crippen molar-refractivity contribution in [1.82, 2.24) is 19.6 Å². The van der Waals surface area contributed by atoms with Crippen LogP contribution in [0.15, 0.2) is 59.6 Å². The van der Waals surface area contributed by atoms with Gasteiger partial charge in [-0.2, -0.15) is 4.98 Å². The van der Waals surface area contributed by atoms with E-state index in [0.717, 1.165) is 11.8 Å². The molecule has 1 heterocycles. The number of halogens is 1. The van der Waals surface area contributed by atoms with Crippen LogP contribution < -0.4 is 15.4 Å². The Balaban J connectivity index is 0.00000507. The topological polar surface area (TPSA) is 143 Å². The molecule has 3 rings (SSSR count). The fourth-order valence-electron chi connectivity index (χ4n) is 2.94. The van der Waals surface area contributed by atoms with Crippen LogP contribution in [-0.2, 0) is 26.0 Å². The summed E-state index contributed by atoms with van der Waals surface area (Å²) >= 11 is 0. The molecule has 2 aromatic carbocycles. The molecule has 1 radical (unpaired) electrons. The molecular formula is C24H27FN6NaO5S. The van der Waals surface area contributed by atoms with Gasteiger partial charge in [-0.1, -0.05) is 25.1 Å². The number of carbonyl (C=O) groups is 2. The molecule has 38 heavy (non-hydrogen) atoms. The number of ether oxygens (including phenoxy) is 1. The van der Waals surface area contributed by atoms with E-state index in [9.17, 15) is 22.4 Å². The Hall–Kier alpha value is -3.26. The fraction of sp³-hybridized carbons (Fsp3) is 0.250. The smallest absolute Gasteiger partial charge is 0.409 e. The number of hydrogen-bond acceptors (Lipinski definition) is 9. The summed E-state index contributed by atoms with van der Waals surface area (Å²) in [7, 11) is -0.831. The first kappa shape index (κ1) is 31.0. The van der Waals surface area contributed by atoms with Crippen LogP contribution in [0.5, 0.6) is 0 Å². The maximum Gasteiger partial charge on any atom is 0.409 e. The first-order valence-electron chi connectivity index (χ1n) is 11.2. The number of rotatable bonds is 10. The van der Waals surface area contributed by atoms with Crippen LogP contribution in [0.4, 0.5) is 32.3 Å². The minimum atomic E-state index is -4.04. The Labute approximate surface area is 242 Å². The average molecular weight is 554 g/mol. The number of carbonyl (C=O) groups excluding carboxylic acids is 2. The zero-order valence-corrected chi connectivity index (χ0v) is 24.3. The molecule has 0 saturated heterocycles. The molecule has 0 fully saturated rings. The van der Waals surface area contributed by atoms with Gasteiger partial charge < -0.3 is 20.3 Å². The second-order valence-electron chi connectivity index (χ2n) is 8.01. The number of sulfonamides is 1. The molecule has 0 bridgehead atoms. The van der Waals surface area contributed by atoms with Crippen molar-refractivity contribution in [3.05, 3.63) is 66.1 Å². The zero-order chi connectivity index (χ0) is 27.0. The minimum Gasteiger partial charge on any atom is -0.449 e. The van der Waals surface area contributed by atoms with Crippen molar-refractivity contribution in [2.75, 3.05) is 31.3 Å². The Morgan fingerprint density at radius 3 is 2.42 bits per heavy atom. The molecule has 11 nitrogen and oxygen atoms in total. The summed E-state index contributed by atoms with van der Waals surface area (Å²) in [5.41, 5.74) is 1.81. The number of nitrogens with zero attached hydrogens (tertiary/aromatic N) is 3. The van der Waals surface area contributed by atoms with E-state index in [0.29, 0.717) is 17.8 Å². The number of anilines is 4. The molecule has 197 valence electrons. The van der Waals surface area contributed by atoms with Gasteiger partial charge in [0.25, 0.3) is 10.0 Å². The zero-order valence-electron chi connectivity index (χ0n) is 21.5. The first-order valence-corrected chi connectivity index (χ1v) is 12.7. The van der Waals surface area contributed by atoms with Gasteiger partial charge in [0.2, 0.25) is 11.9 Å². The van der Waals surface area contributed by atoms with Crippen molar-refractivity contribution in [3.63, 3.8) is 0 Å². The van der Waals surface area contributed by atoms with Crippen molar-refractivity contribution >= 4 is 74.7 Å². The van der Waals surface area contributed by atoms with Crippen LogP contribution in [0.3, 0.4) is 0 Å². The molecule has 0 atom stereocenters. The standard InChI is InChI=1S/C24H27FN6O5S.Na/c1-4-21(32)30-37(34,35)19-7-5-6-18(14-19)28-23-26-15-20(25)22(29-23)27-17-10-8-16(9-11-17)12-13-36-24(33)31(2)3;/h5-11,14-15H,4,12-13H2,1-3H3,(H,30,32)(H2,26,27,28,29);. The Kier molecular flexibility index (Phi) is 11.4. The van der Waals surface area contributed by atoms with E-state index >= 15 is 0 Å². The Morgan fingerprint density at radius 2 is 1.76 bits per heavy atom. The van der Waals surface area contributed by atoms with E-state index in [4.69, 9.17) is 4.74 Å². The summed E-state index contributed by atoms with van der Waals surface area (Å²) in [6.45, 7) is 1.77. The molecule has 3 N–H and O–H groups in total. The summed E-state index contributed by atoms with van der Waals surface area (Å²) in [6, 6.07) is 12.8. The minimum absolute atomic E-state index is 0. The van der Waals surface area contributed by atoms with E-state index in [1.54, 1.807) is 39.2 Å². The Bertz CT molecular complexity index is 1370. The second kappa shape index (κ2) is 14.0. The number of aromatic nitrogens is 2. The van der Waals surface area contributed by atoms with Crippen molar-refractivity contribution in [3.8, 4) is 0 Å². The van der Waals surface area contributed by atoms with E-state index in [1.165, 1.54) is 23.1 Å². The van der Waals surface area contributed by atoms with E-state index in [2.05, 4.69) is 20.6 Å². The summed E-state index contributed by atoms with van der Waals surface area (Å²) in [5.74, 6) is -1.39. The normalized spacial score (nSPS) is 10.6. The predicted molar refractivity (Wildman–Crippen MR) is 142 cm³/mol. The van der Waals surface area contributed by atoms with Crippen molar-refractivity contribution in [2.45, 2.75) is 24.7 Å². The van der Waals surface area contributed by atoms with Gasteiger partial charge in [-0.15, -0.1) is 0 Å². The van der Waals surface area contributed by atoms with Gasteiger partial charge in [-0.25, -0.2) is 27.3 Å². The van der Waals surface area contributed by atoms with Crippen LogP contribution >= 0.6 is 0 Å². The molecule has 1 aromatic heterocycles. The number of hydrogen-bond donors (Lipinski definition) is 3. The monoisotopic (exact) mass is 553 g/mol. The summed E-state index contributed by atoms with van der Waals surface area (Å²) in [5, 5.41) is 5.71. The average Bonchev–Trinajstić information content (AvgIpc) is 2.86. The third-order valence-electron chi connectivity index (χ3n) is 4.91. The van der Waals surface area contributed by atoms with Gasteiger partial charge in [0.05, 0.1) is 17.7 Å². The molecule has 0 saturated carbocycles. The number of nitrogens with one attached hydrogen (secondary N) is 3. The summed E-state index contributed by atoms with van der Waals surface area (Å²) in [6.07, 6.45) is 1.10. The third kappa shape index (κ3) is 8.94. The molecule has 0 spiro atoms. The van der Waals surface area contributed by atoms with Gasteiger partial charge in [0.15, 0.2) is 11.6 Å². The van der Waals surface area contributed by atoms with E-state index in [1.807, 2.05) is 16.9 Å². The maximum absolute atomic E-state index is 14.4. The molecule has 14 heteroatoms. The van der Waals surface area contributed by atoms with Crippen LogP contribution in [-0.4, -0.2) is 85.5 Å². The third-order valence-corrected chi connectivity index (χ3v) is 6.28. The van der Waals surface area contributed by atoms with Crippen molar-refractivity contribution in [1.29, 1.82) is 0 Å². The molecule has 0 unspecified atom stereocenters. The van der Waals surface area contributed by atoms with Crippen molar-refractivity contribution < 1.29 is 27.1 Å². The van der Waals surface area contributed by atoms with Crippen LogP contribution in [0.1, 0.15) is 18.9 Å². The van der Waals surface area contributed by atoms with Crippen LogP contribution in [0.25, 0.3) is 0 Å². The molecule has 0 aliphatic rings. The van der Waals surface area contributed by atoms with Gasteiger partial charge in [0, 0.05) is 67.9 Å². The largest absolute Gasteiger partial charge is 0.449 e. The SMILES string of the molecule is CCC(=O)NS(=O)(=O)c1cccc(Nc2ncc(F)c(Nc3ccc(CCOC(=O)N(C)C)cc3)n2)c1.[Na]. The maximum atomic E-state index is 14.4.